The van der Waals surface area contributed by atoms with Crippen molar-refractivity contribution in [2.75, 3.05) is 14.2 Å². The number of carbonyl (C=O) groups is 2. The molecule has 12 nitrogen and oxygen atoms in total. The molecule has 4 aliphatic heterocycles. The van der Waals surface area contributed by atoms with Crippen molar-refractivity contribution < 1.29 is 71.7 Å². The van der Waals surface area contributed by atoms with Crippen LogP contribution in [0.5, 0.6) is 23.0 Å². The SMILES string of the molecule is COc1cc2c(c3oc(=O)c4c(c13)CCC4=O)C1C=COC1O2.COc1cc2c(c3oc(=O)c4c(c13)CCC4=O)C1C=COC1O2.[Cl-].[Cl-]. The molecule has 4 aromatic rings. The quantitative estimate of drug-likeness (QED) is 0.226. The number of aryl methyl sites for hydroxylation is 2. The predicted molar refractivity (Wildman–Crippen MR) is 158 cm³/mol. The number of fused-ring (bicyclic) bond motifs is 14. The Kier molecular flexibility index (Phi) is 7.48. The van der Waals surface area contributed by atoms with Gasteiger partial charge < -0.3 is 62.1 Å². The predicted octanol–water partition coefficient (Wildman–Crippen LogP) is -1.44. The number of ether oxygens (including phenoxy) is 6. The fourth-order valence-corrected chi connectivity index (χ4v) is 7.44. The first-order chi connectivity index (χ1) is 22.4. The molecule has 2 aromatic carbocycles. The second-order valence-corrected chi connectivity index (χ2v) is 11.7. The monoisotopic (exact) mass is 694 g/mol. The van der Waals surface area contributed by atoms with Gasteiger partial charge in [0, 0.05) is 25.0 Å². The van der Waals surface area contributed by atoms with Crippen molar-refractivity contribution in [1.29, 1.82) is 0 Å². The van der Waals surface area contributed by atoms with Crippen molar-refractivity contribution >= 4 is 33.5 Å². The topological polar surface area (TPSA) is 150 Å². The van der Waals surface area contributed by atoms with E-state index in [4.69, 9.17) is 37.3 Å². The summed E-state index contributed by atoms with van der Waals surface area (Å²) in [6.45, 7) is 0. The smallest absolute Gasteiger partial charge is 0.347 e. The minimum Gasteiger partial charge on any atom is -1.00 e. The van der Waals surface area contributed by atoms with Crippen molar-refractivity contribution in [3.05, 3.63) is 91.0 Å². The van der Waals surface area contributed by atoms with Crippen LogP contribution in [0.4, 0.5) is 0 Å². The molecule has 248 valence electrons. The van der Waals surface area contributed by atoms with Gasteiger partial charge in [-0.3, -0.25) is 9.59 Å². The summed E-state index contributed by atoms with van der Waals surface area (Å²) in [5, 5.41) is 1.38. The Balaban J connectivity index is 0.000000146. The van der Waals surface area contributed by atoms with E-state index < -0.39 is 23.8 Å². The van der Waals surface area contributed by atoms with Crippen molar-refractivity contribution in [1.82, 2.24) is 0 Å². The lowest BCUT2D eigenvalue weighted by atomic mass is 9.95. The molecule has 14 heteroatoms. The molecule has 6 heterocycles. The van der Waals surface area contributed by atoms with Crippen LogP contribution in [0.3, 0.4) is 0 Å². The van der Waals surface area contributed by atoms with Gasteiger partial charge >= 0.3 is 11.3 Å². The number of hydrogen-bond donors (Lipinski definition) is 0. The molecule has 2 aliphatic carbocycles. The largest absolute Gasteiger partial charge is 1.00 e. The van der Waals surface area contributed by atoms with Gasteiger partial charge in [-0.25, -0.2) is 9.59 Å². The van der Waals surface area contributed by atoms with E-state index in [-0.39, 0.29) is 59.3 Å². The summed E-state index contributed by atoms with van der Waals surface area (Å²) in [5.74, 6) is 1.65. The average Bonchev–Trinajstić information content (AvgIpc) is 3.87. The van der Waals surface area contributed by atoms with Gasteiger partial charge in [-0.2, -0.15) is 0 Å². The minimum atomic E-state index is -0.586. The van der Waals surface area contributed by atoms with Crippen LogP contribution in [-0.2, 0) is 22.3 Å². The highest BCUT2D eigenvalue weighted by Crippen LogP contribution is 2.51. The van der Waals surface area contributed by atoms with Gasteiger partial charge in [0.15, 0.2) is 11.6 Å². The summed E-state index contributed by atoms with van der Waals surface area (Å²) < 4.78 is 44.4. The third kappa shape index (κ3) is 4.21. The lowest BCUT2D eigenvalue weighted by Crippen LogP contribution is -3.00. The van der Waals surface area contributed by atoms with Crippen LogP contribution in [0.2, 0.25) is 0 Å². The zero-order valence-corrected chi connectivity index (χ0v) is 26.8. The Morgan fingerprint density at radius 1 is 0.625 bits per heavy atom. The van der Waals surface area contributed by atoms with E-state index >= 15 is 0 Å². The Labute approximate surface area is 283 Å². The zero-order chi connectivity index (χ0) is 31.4. The van der Waals surface area contributed by atoms with Gasteiger partial charge in [-0.15, -0.1) is 0 Å². The van der Waals surface area contributed by atoms with Crippen molar-refractivity contribution in [3.63, 3.8) is 0 Å². The molecule has 0 bridgehead atoms. The van der Waals surface area contributed by atoms with E-state index in [0.717, 1.165) is 11.1 Å². The number of Topliss-reactive ketones (excluding diaryl/α,β-unsaturated/α-hetero) is 2. The maximum absolute atomic E-state index is 12.3. The maximum Gasteiger partial charge on any atom is 0.347 e. The molecule has 0 N–H and O–H groups in total. The van der Waals surface area contributed by atoms with Gasteiger partial charge in [-0.1, -0.05) is 0 Å². The van der Waals surface area contributed by atoms with Gasteiger partial charge in [0.2, 0.25) is 0 Å². The van der Waals surface area contributed by atoms with Crippen molar-refractivity contribution in [3.8, 4) is 23.0 Å². The van der Waals surface area contributed by atoms with E-state index in [1.807, 2.05) is 12.2 Å². The lowest BCUT2D eigenvalue weighted by molar-refractivity contribution is -0.00513. The zero-order valence-electron chi connectivity index (χ0n) is 25.3. The third-order valence-corrected chi connectivity index (χ3v) is 9.43. The van der Waals surface area contributed by atoms with E-state index in [1.54, 1.807) is 38.9 Å². The molecule has 0 radical (unpaired) electrons. The van der Waals surface area contributed by atoms with Crippen LogP contribution >= 0.6 is 0 Å². The fourth-order valence-electron chi connectivity index (χ4n) is 7.44. The van der Waals surface area contributed by atoms with Crippen molar-refractivity contribution in [2.24, 2.45) is 0 Å². The molecule has 10 rings (SSSR count). The first kappa shape index (κ1) is 31.6. The number of ketones is 2. The van der Waals surface area contributed by atoms with Crippen LogP contribution in [0.15, 0.2) is 55.2 Å². The average molecular weight is 695 g/mol. The summed E-state index contributed by atoms with van der Waals surface area (Å²) in [5.41, 5.74) is 2.99. The molecule has 4 atom stereocenters. The van der Waals surface area contributed by atoms with Gasteiger partial charge in [0.25, 0.3) is 12.6 Å². The molecule has 6 aliphatic rings. The van der Waals surface area contributed by atoms with Gasteiger partial charge in [-0.05, 0) is 36.1 Å². The Morgan fingerprint density at radius 3 is 1.44 bits per heavy atom. The molecular weight excluding hydrogens is 671 g/mol. The maximum atomic E-state index is 12.3. The second-order valence-electron chi connectivity index (χ2n) is 11.7. The molecule has 48 heavy (non-hydrogen) atoms. The molecule has 0 fully saturated rings. The summed E-state index contributed by atoms with van der Waals surface area (Å²) in [6, 6.07) is 3.55. The molecule has 0 saturated carbocycles. The highest BCUT2D eigenvalue weighted by molar-refractivity contribution is 6.07. The molecule has 2 aromatic heterocycles. The number of methoxy groups -OCH3 is 2. The number of halogens is 2. The van der Waals surface area contributed by atoms with Gasteiger partial charge in [0.05, 0.1) is 60.5 Å². The molecule has 0 spiro atoms. The molecule has 0 saturated heterocycles. The number of rotatable bonds is 2. The number of benzene rings is 2. The lowest BCUT2D eigenvalue weighted by Gasteiger charge is -2.12. The van der Waals surface area contributed by atoms with E-state index in [2.05, 4.69) is 0 Å². The minimum absolute atomic E-state index is 0. The first-order valence-electron chi connectivity index (χ1n) is 14.8. The summed E-state index contributed by atoms with van der Waals surface area (Å²) in [7, 11) is 3.09. The van der Waals surface area contributed by atoms with Crippen LogP contribution in [0.25, 0.3) is 21.9 Å². The van der Waals surface area contributed by atoms with Crippen LogP contribution < -0.4 is 55.0 Å². The summed E-state index contributed by atoms with van der Waals surface area (Å²) in [4.78, 5) is 48.6. The first-order valence-corrected chi connectivity index (χ1v) is 14.8. The fraction of sp³-hybridized carbons (Fsp3) is 0.294. The normalized spacial score (nSPS) is 22.5. The standard InChI is InChI=1S/2C17H12O6.2ClH/c2*1-20-10-6-11-14(8-4-5-21-17(8)22-11)15-13(10)7-2-3-9(18)12(7)16(19)23-15;;/h2*4-6,8,17H,2-3H2,1H3;2*1H/p-2. The number of carbonyl (C=O) groups excluding carboxylic acids is 2. The highest BCUT2D eigenvalue weighted by atomic mass is 35.5. The van der Waals surface area contributed by atoms with Crippen LogP contribution in [-0.4, -0.2) is 38.4 Å². The number of hydrogen-bond acceptors (Lipinski definition) is 12. The van der Waals surface area contributed by atoms with Crippen molar-refractivity contribution in [2.45, 2.75) is 50.1 Å². The van der Waals surface area contributed by atoms with Crippen LogP contribution in [0.1, 0.15) is 67.6 Å². The summed E-state index contributed by atoms with van der Waals surface area (Å²) >= 11 is 0. The molecule has 0 amide bonds. The summed E-state index contributed by atoms with van der Waals surface area (Å²) in [6.07, 6.45) is 7.73. The third-order valence-electron chi connectivity index (χ3n) is 9.43. The Bertz CT molecular complexity index is 2110. The second kappa shape index (κ2) is 11.3. The Hall–Kier alpha value is -4.94. The van der Waals surface area contributed by atoms with Crippen LogP contribution in [0, 0.1) is 0 Å². The van der Waals surface area contributed by atoms with E-state index in [9.17, 15) is 19.2 Å². The molecular formula is C34H24Cl2O12-2. The van der Waals surface area contributed by atoms with E-state index in [1.165, 1.54) is 0 Å². The Morgan fingerprint density at radius 2 is 1.04 bits per heavy atom. The highest BCUT2D eigenvalue weighted by Gasteiger charge is 2.43. The van der Waals surface area contributed by atoms with E-state index in [0.29, 0.717) is 81.7 Å². The van der Waals surface area contributed by atoms with Gasteiger partial charge in [0.1, 0.15) is 45.3 Å². The molecule has 4 unspecified atom stereocenters.